The molecule has 0 aromatic carbocycles. The normalized spacial score (nSPS) is 30.8. The van der Waals surface area contributed by atoms with Gasteiger partial charge in [0.2, 0.25) is 0 Å². The fourth-order valence-corrected chi connectivity index (χ4v) is 4.09. The van der Waals surface area contributed by atoms with Gasteiger partial charge in [-0.05, 0) is 69.3 Å². The second-order valence-electron chi connectivity index (χ2n) is 7.49. The summed E-state index contributed by atoms with van der Waals surface area (Å²) in [7, 11) is 0. The number of nitrogens with zero attached hydrogens (tertiary/aromatic N) is 1. The van der Waals surface area contributed by atoms with Gasteiger partial charge in [0.15, 0.2) is 5.83 Å². The molecular weight excluding hydrogens is 317 g/mol. The first-order valence-electron chi connectivity index (χ1n) is 9.77. The highest BCUT2D eigenvalue weighted by molar-refractivity contribution is 5.72. The standard InChI is InChI=1S/C21H30FNO2/c1-2-4-16-7-11-18(12-8-16)21(24)25-20-13-9-17(10-14-20)5-3-6-19(22)15-23/h3,5-6,16-18,20H,2,4,7-14H2,1H3. The molecule has 138 valence electrons. The SMILES string of the molecule is CCCC1CCC(C(=O)OC2CCC(C=CC=C(F)C#N)CC2)CC1. The zero-order valence-electron chi connectivity index (χ0n) is 15.3. The first-order chi connectivity index (χ1) is 12.1. The number of hydrogen-bond acceptors (Lipinski definition) is 3. The molecule has 0 heterocycles. The maximum absolute atomic E-state index is 12.7. The number of hydrogen-bond donors (Lipinski definition) is 0. The third-order valence-corrected chi connectivity index (χ3v) is 5.61. The molecule has 2 aliphatic carbocycles. The summed E-state index contributed by atoms with van der Waals surface area (Å²) in [6.45, 7) is 2.22. The zero-order valence-corrected chi connectivity index (χ0v) is 15.3. The molecule has 25 heavy (non-hydrogen) atoms. The molecule has 2 aliphatic rings. The smallest absolute Gasteiger partial charge is 0.309 e. The summed E-state index contributed by atoms with van der Waals surface area (Å²) in [5.41, 5.74) is 0. The molecule has 4 heteroatoms. The van der Waals surface area contributed by atoms with Crippen molar-refractivity contribution in [3.05, 3.63) is 24.1 Å². The fourth-order valence-electron chi connectivity index (χ4n) is 4.09. The molecule has 0 saturated heterocycles. The Bertz CT molecular complexity index is 519. The van der Waals surface area contributed by atoms with Gasteiger partial charge in [0.25, 0.3) is 0 Å². The number of rotatable bonds is 6. The van der Waals surface area contributed by atoms with Crippen LogP contribution in [0.15, 0.2) is 24.1 Å². The predicted molar refractivity (Wildman–Crippen MR) is 96.1 cm³/mol. The van der Waals surface area contributed by atoms with Crippen LogP contribution in [0.2, 0.25) is 0 Å². The van der Waals surface area contributed by atoms with Crippen LogP contribution in [0.3, 0.4) is 0 Å². The van der Waals surface area contributed by atoms with Gasteiger partial charge in [-0.3, -0.25) is 4.79 Å². The monoisotopic (exact) mass is 347 g/mol. The molecule has 0 radical (unpaired) electrons. The maximum Gasteiger partial charge on any atom is 0.309 e. The lowest BCUT2D eigenvalue weighted by atomic mass is 9.80. The Balaban J connectivity index is 1.68. The van der Waals surface area contributed by atoms with E-state index < -0.39 is 5.83 Å². The van der Waals surface area contributed by atoms with E-state index in [9.17, 15) is 9.18 Å². The second-order valence-corrected chi connectivity index (χ2v) is 7.49. The zero-order chi connectivity index (χ0) is 18.1. The van der Waals surface area contributed by atoms with Crippen LogP contribution < -0.4 is 0 Å². The summed E-state index contributed by atoms with van der Waals surface area (Å²) in [6.07, 6.45) is 15.2. The van der Waals surface area contributed by atoms with Gasteiger partial charge < -0.3 is 4.74 Å². The molecule has 0 spiro atoms. The first-order valence-corrected chi connectivity index (χ1v) is 9.77. The number of halogens is 1. The summed E-state index contributed by atoms with van der Waals surface area (Å²) in [5.74, 6) is 0.517. The van der Waals surface area contributed by atoms with E-state index in [0.29, 0.717) is 5.92 Å². The van der Waals surface area contributed by atoms with Crippen molar-refractivity contribution in [1.29, 1.82) is 5.26 Å². The van der Waals surface area contributed by atoms with Gasteiger partial charge in [0, 0.05) is 0 Å². The van der Waals surface area contributed by atoms with Crippen LogP contribution in [0.4, 0.5) is 4.39 Å². The quantitative estimate of drug-likeness (QED) is 0.355. The van der Waals surface area contributed by atoms with Crippen LogP contribution in [0.25, 0.3) is 0 Å². The number of nitriles is 1. The first kappa shape index (κ1) is 19.7. The summed E-state index contributed by atoms with van der Waals surface area (Å²) in [6, 6.07) is 1.46. The molecule has 0 unspecified atom stereocenters. The molecule has 0 atom stereocenters. The van der Waals surface area contributed by atoms with Gasteiger partial charge in [0.05, 0.1) is 5.92 Å². The van der Waals surface area contributed by atoms with Crippen LogP contribution in [0.5, 0.6) is 0 Å². The average Bonchev–Trinajstić information content (AvgIpc) is 2.64. The molecule has 3 nitrogen and oxygen atoms in total. The minimum atomic E-state index is -0.771. The van der Waals surface area contributed by atoms with Crippen molar-refractivity contribution >= 4 is 5.97 Å². The molecule has 2 rings (SSSR count). The Morgan fingerprint density at radius 2 is 1.84 bits per heavy atom. The van der Waals surface area contributed by atoms with Crippen LogP contribution in [0.1, 0.15) is 71.1 Å². The molecule has 0 aromatic rings. The van der Waals surface area contributed by atoms with Crippen molar-refractivity contribution in [1.82, 2.24) is 0 Å². The summed E-state index contributed by atoms with van der Waals surface area (Å²) >= 11 is 0. The van der Waals surface area contributed by atoms with Gasteiger partial charge in [-0.25, -0.2) is 0 Å². The Kier molecular flexibility index (Phi) is 8.18. The highest BCUT2D eigenvalue weighted by Crippen LogP contribution is 2.34. The molecule has 0 aliphatic heterocycles. The number of allylic oxidation sites excluding steroid dienone is 4. The van der Waals surface area contributed by atoms with E-state index in [1.807, 2.05) is 6.08 Å². The molecule has 0 amide bonds. The Hall–Kier alpha value is -1.63. The van der Waals surface area contributed by atoms with Gasteiger partial charge in [0.1, 0.15) is 12.2 Å². The van der Waals surface area contributed by atoms with E-state index in [1.54, 1.807) is 6.08 Å². The lowest BCUT2D eigenvalue weighted by Gasteiger charge is -2.31. The number of carbonyl (C=O) groups excluding carboxylic acids is 1. The number of carbonyl (C=O) groups is 1. The second kappa shape index (κ2) is 10.4. The van der Waals surface area contributed by atoms with Crippen molar-refractivity contribution in [3.63, 3.8) is 0 Å². The fraction of sp³-hybridized carbons (Fsp3) is 0.714. The van der Waals surface area contributed by atoms with E-state index in [2.05, 4.69) is 6.92 Å². The topological polar surface area (TPSA) is 50.1 Å². The highest BCUT2D eigenvalue weighted by atomic mass is 19.1. The third-order valence-electron chi connectivity index (χ3n) is 5.61. The van der Waals surface area contributed by atoms with Crippen molar-refractivity contribution in [2.45, 2.75) is 77.2 Å². The summed E-state index contributed by atoms with van der Waals surface area (Å²) in [5, 5.41) is 8.36. The van der Waals surface area contributed by atoms with Gasteiger partial charge >= 0.3 is 5.97 Å². The van der Waals surface area contributed by atoms with E-state index in [4.69, 9.17) is 10.00 Å². The summed E-state index contributed by atoms with van der Waals surface area (Å²) in [4.78, 5) is 12.4. The lowest BCUT2D eigenvalue weighted by molar-refractivity contribution is -0.157. The van der Waals surface area contributed by atoms with Crippen molar-refractivity contribution in [2.75, 3.05) is 0 Å². The number of ether oxygens (including phenoxy) is 1. The van der Waals surface area contributed by atoms with E-state index in [1.165, 1.54) is 25.0 Å². The predicted octanol–water partition coefficient (Wildman–Crippen LogP) is 5.63. The lowest BCUT2D eigenvalue weighted by Crippen LogP contribution is -2.29. The molecular formula is C21H30FNO2. The van der Waals surface area contributed by atoms with Crippen molar-refractivity contribution in [3.8, 4) is 6.07 Å². The van der Waals surface area contributed by atoms with E-state index in [-0.39, 0.29) is 18.0 Å². The largest absolute Gasteiger partial charge is 0.462 e. The van der Waals surface area contributed by atoms with Crippen LogP contribution in [-0.2, 0) is 9.53 Å². The Labute approximate surface area is 150 Å². The molecule has 2 fully saturated rings. The van der Waals surface area contributed by atoms with Gasteiger partial charge in [-0.15, -0.1) is 0 Å². The Morgan fingerprint density at radius 1 is 1.16 bits per heavy atom. The third kappa shape index (κ3) is 6.65. The van der Waals surface area contributed by atoms with Crippen LogP contribution in [0, 0.1) is 29.1 Å². The van der Waals surface area contributed by atoms with Gasteiger partial charge in [-0.1, -0.05) is 31.9 Å². The Morgan fingerprint density at radius 3 is 2.44 bits per heavy atom. The number of esters is 1. The molecule has 2 saturated carbocycles. The van der Waals surface area contributed by atoms with Crippen LogP contribution in [-0.4, -0.2) is 12.1 Å². The van der Waals surface area contributed by atoms with Crippen molar-refractivity contribution < 1.29 is 13.9 Å². The molecule has 0 aromatic heterocycles. The van der Waals surface area contributed by atoms with Gasteiger partial charge in [-0.2, -0.15) is 9.65 Å². The van der Waals surface area contributed by atoms with E-state index in [0.717, 1.165) is 57.3 Å². The highest BCUT2D eigenvalue weighted by Gasteiger charge is 2.30. The maximum atomic E-state index is 12.7. The average molecular weight is 347 g/mol. The minimum absolute atomic E-state index is 0.00738. The van der Waals surface area contributed by atoms with Crippen LogP contribution >= 0.6 is 0 Å². The van der Waals surface area contributed by atoms with Crippen molar-refractivity contribution in [2.24, 2.45) is 17.8 Å². The molecule has 0 bridgehead atoms. The molecule has 0 N–H and O–H groups in total. The minimum Gasteiger partial charge on any atom is -0.462 e. The van der Waals surface area contributed by atoms with E-state index >= 15 is 0 Å². The summed E-state index contributed by atoms with van der Waals surface area (Å²) < 4.78 is 18.5.